The first-order chi connectivity index (χ1) is 9.49. The fourth-order valence-corrected chi connectivity index (χ4v) is 2.51. The van der Waals surface area contributed by atoms with Crippen LogP contribution in [0.1, 0.15) is 17.2 Å². The summed E-state index contributed by atoms with van der Waals surface area (Å²) in [5, 5.41) is 9.32. The average molecular weight is 388 g/mol. The first-order valence-corrected chi connectivity index (χ1v) is 6.77. The number of rotatable bonds is 4. The normalized spacial score (nSPS) is 12.1. The summed E-state index contributed by atoms with van der Waals surface area (Å²) in [5.41, 5.74) is 0.336. The van der Waals surface area contributed by atoms with Gasteiger partial charge in [0.2, 0.25) is 0 Å². The lowest BCUT2D eigenvalue weighted by Gasteiger charge is -2.13. The largest absolute Gasteiger partial charge is 0.481 e. The number of nitrogens with zero attached hydrogens (tertiary/aromatic N) is 1. The maximum atomic E-state index is 13.1. The zero-order chi connectivity index (χ0) is 14.7. The average Bonchev–Trinajstić information content (AvgIpc) is 2.39. The number of carboxylic acids is 1. The molecule has 1 heterocycles. The van der Waals surface area contributed by atoms with E-state index in [1.165, 1.54) is 24.5 Å². The van der Waals surface area contributed by atoms with Crippen molar-refractivity contribution >= 4 is 28.6 Å². The number of halogens is 2. The highest BCUT2D eigenvalue weighted by atomic mass is 127. The van der Waals surface area contributed by atoms with Crippen LogP contribution >= 0.6 is 22.6 Å². The summed E-state index contributed by atoms with van der Waals surface area (Å²) in [6, 6.07) is 5.71. The highest BCUT2D eigenvalue weighted by Gasteiger charge is 2.25. The highest BCUT2D eigenvalue weighted by molar-refractivity contribution is 14.1. The third-order valence-corrected chi connectivity index (χ3v) is 3.82. The highest BCUT2D eigenvalue weighted by Crippen LogP contribution is 2.22. The van der Waals surface area contributed by atoms with E-state index in [1.54, 1.807) is 28.7 Å². The van der Waals surface area contributed by atoms with E-state index in [1.807, 2.05) is 0 Å². The maximum absolute atomic E-state index is 13.1. The first-order valence-electron chi connectivity index (χ1n) is 5.69. The predicted molar refractivity (Wildman–Crippen MR) is 78.1 cm³/mol. The van der Waals surface area contributed by atoms with Gasteiger partial charge in [0.05, 0.1) is 12.0 Å². The molecule has 0 saturated heterocycles. The van der Waals surface area contributed by atoms with Gasteiger partial charge in [0.15, 0.2) is 0 Å². The molecule has 1 atom stereocenters. The number of carbonyl (C=O) groups is 1. The van der Waals surface area contributed by atoms with Gasteiger partial charge in [0, 0.05) is 0 Å². The van der Waals surface area contributed by atoms with Gasteiger partial charge in [-0.2, -0.15) is 0 Å². The molecule has 2 aromatic rings. The molecule has 0 bridgehead atoms. The number of aliphatic carboxylic acids is 1. The smallest absolute Gasteiger partial charge is 0.312 e. The van der Waals surface area contributed by atoms with Crippen molar-refractivity contribution in [2.45, 2.75) is 12.3 Å². The second-order valence-electron chi connectivity index (χ2n) is 4.16. The molecule has 7 heteroatoms. The molecule has 0 radical (unpaired) electrons. The van der Waals surface area contributed by atoms with E-state index in [0.717, 1.165) is 0 Å². The Morgan fingerprint density at radius 3 is 2.90 bits per heavy atom. The SMILES string of the molecule is O=C(O)C(Cc1cccc(F)c1)c1nc[nH]c(=O)c1I. The molecule has 0 saturated carbocycles. The van der Waals surface area contributed by atoms with Crippen LogP contribution in [0.2, 0.25) is 0 Å². The molecule has 0 fully saturated rings. The van der Waals surface area contributed by atoms with Gasteiger partial charge in [-0.15, -0.1) is 0 Å². The molecule has 0 amide bonds. The van der Waals surface area contributed by atoms with E-state index in [0.29, 0.717) is 5.56 Å². The van der Waals surface area contributed by atoms with Crippen LogP contribution < -0.4 is 5.56 Å². The number of benzene rings is 1. The van der Waals surface area contributed by atoms with Gasteiger partial charge in [-0.1, -0.05) is 12.1 Å². The van der Waals surface area contributed by atoms with Crippen molar-refractivity contribution in [3.63, 3.8) is 0 Å². The molecule has 0 aliphatic rings. The molecular formula is C13H10FIN2O3. The Morgan fingerprint density at radius 1 is 1.50 bits per heavy atom. The molecule has 0 aliphatic carbocycles. The van der Waals surface area contributed by atoms with Crippen molar-refractivity contribution in [1.29, 1.82) is 0 Å². The van der Waals surface area contributed by atoms with Crippen molar-refractivity contribution in [3.8, 4) is 0 Å². The molecule has 5 nitrogen and oxygen atoms in total. The quantitative estimate of drug-likeness (QED) is 0.785. The van der Waals surface area contributed by atoms with Crippen molar-refractivity contribution in [2.24, 2.45) is 0 Å². The van der Waals surface area contributed by atoms with Crippen LogP contribution in [0, 0.1) is 9.39 Å². The molecule has 2 N–H and O–H groups in total. The molecular weight excluding hydrogens is 378 g/mol. The van der Waals surface area contributed by atoms with E-state index in [2.05, 4.69) is 9.97 Å². The van der Waals surface area contributed by atoms with E-state index in [9.17, 15) is 19.1 Å². The van der Waals surface area contributed by atoms with Crippen LogP contribution in [0.25, 0.3) is 0 Å². The maximum Gasteiger partial charge on any atom is 0.312 e. The molecule has 1 unspecified atom stereocenters. The fraction of sp³-hybridized carbons (Fsp3) is 0.154. The summed E-state index contributed by atoms with van der Waals surface area (Å²) in [6.45, 7) is 0. The lowest BCUT2D eigenvalue weighted by molar-refractivity contribution is -0.138. The molecule has 1 aromatic carbocycles. The Hall–Kier alpha value is -1.77. The van der Waals surface area contributed by atoms with E-state index >= 15 is 0 Å². The van der Waals surface area contributed by atoms with Crippen molar-refractivity contribution in [3.05, 3.63) is 61.6 Å². The van der Waals surface area contributed by atoms with Gasteiger partial charge in [0.1, 0.15) is 15.3 Å². The standard InChI is InChI=1S/C13H10FIN2O3/c14-8-3-1-2-7(4-8)5-9(13(19)20)11-10(15)12(18)17-6-16-11/h1-4,6,9H,5H2,(H,19,20)(H,16,17,18). The third kappa shape index (κ3) is 3.21. The number of hydrogen-bond acceptors (Lipinski definition) is 3. The molecule has 1 aromatic heterocycles. The summed E-state index contributed by atoms with van der Waals surface area (Å²) in [5.74, 6) is -2.53. The second kappa shape index (κ2) is 6.12. The van der Waals surface area contributed by atoms with Gasteiger partial charge in [0.25, 0.3) is 5.56 Å². The van der Waals surface area contributed by atoms with Gasteiger partial charge < -0.3 is 10.1 Å². The Bertz CT molecular complexity index is 702. The summed E-state index contributed by atoms with van der Waals surface area (Å²) >= 11 is 1.76. The lowest BCUT2D eigenvalue weighted by atomic mass is 9.96. The second-order valence-corrected chi connectivity index (χ2v) is 5.23. The molecule has 104 valence electrons. The Kier molecular flexibility index (Phi) is 4.48. The topological polar surface area (TPSA) is 83.0 Å². The molecule has 0 spiro atoms. The number of carboxylic acid groups (broad SMARTS) is 1. The van der Waals surface area contributed by atoms with Crippen LogP contribution in [0.5, 0.6) is 0 Å². The summed E-state index contributed by atoms with van der Waals surface area (Å²) in [4.78, 5) is 29.2. The first kappa shape index (κ1) is 14.6. The summed E-state index contributed by atoms with van der Waals surface area (Å²) < 4.78 is 13.4. The summed E-state index contributed by atoms with van der Waals surface area (Å²) in [7, 11) is 0. The zero-order valence-electron chi connectivity index (χ0n) is 10.1. The number of hydrogen-bond donors (Lipinski definition) is 2. The Labute approximate surface area is 127 Å². The van der Waals surface area contributed by atoms with Gasteiger partial charge >= 0.3 is 5.97 Å². The van der Waals surface area contributed by atoms with Gasteiger partial charge in [-0.3, -0.25) is 9.59 Å². The molecule has 20 heavy (non-hydrogen) atoms. The van der Waals surface area contributed by atoms with Gasteiger partial charge in [-0.05, 0) is 46.7 Å². The zero-order valence-corrected chi connectivity index (χ0v) is 12.3. The van der Waals surface area contributed by atoms with E-state index < -0.39 is 17.7 Å². The van der Waals surface area contributed by atoms with Crippen molar-refractivity contribution < 1.29 is 14.3 Å². The van der Waals surface area contributed by atoms with E-state index in [-0.39, 0.29) is 21.2 Å². The minimum absolute atomic E-state index is 0.0690. The van der Waals surface area contributed by atoms with Crippen LogP contribution in [0.15, 0.2) is 35.4 Å². The molecule has 2 rings (SSSR count). The Balaban J connectivity index is 2.40. The van der Waals surface area contributed by atoms with Gasteiger partial charge in [-0.25, -0.2) is 9.37 Å². The monoisotopic (exact) mass is 388 g/mol. The third-order valence-electron chi connectivity index (χ3n) is 2.78. The van der Waals surface area contributed by atoms with Crippen LogP contribution in [-0.4, -0.2) is 21.0 Å². The predicted octanol–water partition coefficient (Wildman–Crippen LogP) is 1.92. The van der Waals surface area contributed by atoms with Crippen LogP contribution in [0.3, 0.4) is 0 Å². The molecule has 0 aliphatic heterocycles. The number of aromatic nitrogens is 2. The van der Waals surface area contributed by atoms with Crippen LogP contribution in [0.4, 0.5) is 4.39 Å². The lowest BCUT2D eigenvalue weighted by Crippen LogP contribution is -2.22. The minimum Gasteiger partial charge on any atom is -0.481 e. The summed E-state index contributed by atoms with van der Waals surface area (Å²) in [6.07, 6.45) is 1.24. The number of H-pyrrole nitrogens is 1. The van der Waals surface area contributed by atoms with E-state index in [4.69, 9.17) is 0 Å². The minimum atomic E-state index is -1.11. The number of nitrogens with one attached hydrogen (secondary N) is 1. The van der Waals surface area contributed by atoms with Crippen LogP contribution in [-0.2, 0) is 11.2 Å². The Morgan fingerprint density at radius 2 is 2.25 bits per heavy atom. The van der Waals surface area contributed by atoms with Crippen molar-refractivity contribution in [2.75, 3.05) is 0 Å². The van der Waals surface area contributed by atoms with Crippen molar-refractivity contribution in [1.82, 2.24) is 9.97 Å². The number of aromatic amines is 1. The fourth-order valence-electron chi connectivity index (χ4n) is 1.84.